The molecule has 2 heterocycles. The minimum atomic E-state index is -0.823. The van der Waals surface area contributed by atoms with Gasteiger partial charge in [0.1, 0.15) is 41.6 Å². The van der Waals surface area contributed by atoms with Crippen LogP contribution in [0.25, 0.3) is 10.9 Å². The van der Waals surface area contributed by atoms with E-state index in [1.54, 1.807) is 70.3 Å². The molecule has 54 heavy (non-hydrogen) atoms. The van der Waals surface area contributed by atoms with Crippen LogP contribution in [-0.4, -0.2) is 78.4 Å². The molecular weight excluding hydrogens is 688 g/mol. The SMILES string of the molecule is COc1ccc2nc(OC[C@@H]3CCCN3CCC(NC(=O)OC(C)(C)C)C(=O)OC3CCCC3)cc(Oc3ccc(NC(=O)c4ccccc4)cc3)c2c1. The van der Waals surface area contributed by atoms with Gasteiger partial charge in [-0.1, -0.05) is 18.2 Å². The van der Waals surface area contributed by atoms with Crippen LogP contribution in [0.15, 0.2) is 78.9 Å². The van der Waals surface area contributed by atoms with Crippen LogP contribution in [-0.2, 0) is 14.3 Å². The fourth-order valence-electron chi connectivity index (χ4n) is 6.77. The van der Waals surface area contributed by atoms with Gasteiger partial charge in [-0.25, -0.2) is 14.6 Å². The molecule has 0 spiro atoms. The number of alkyl carbamates (subject to hydrolysis) is 1. The molecule has 3 aromatic carbocycles. The Balaban J connectivity index is 1.11. The molecular formula is C42H50N4O8. The summed E-state index contributed by atoms with van der Waals surface area (Å²) in [7, 11) is 1.61. The first-order valence-electron chi connectivity index (χ1n) is 18.7. The number of anilines is 1. The normalized spacial score (nSPS) is 16.8. The maximum atomic E-state index is 13.2. The van der Waals surface area contributed by atoms with Gasteiger partial charge in [-0.2, -0.15) is 0 Å². The number of carbonyl (C=O) groups excluding carboxylic acids is 3. The van der Waals surface area contributed by atoms with Crippen molar-refractivity contribution < 1.29 is 38.1 Å². The zero-order chi connectivity index (χ0) is 38.1. The highest BCUT2D eigenvalue weighted by molar-refractivity contribution is 6.04. The lowest BCUT2D eigenvalue weighted by Gasteiger charge is -2.28. The van der Waals surface area contributed by atoms with E-state index in [9.17, 15) is 14.4 Å². The van der Waals surface area contributed by atoms with Gasteiger partial charge in [0.05, 0.1) is 12.6 Å². The first-order valence-corrected chi connectivity index (χ1v) is 18.7. The molecule has 4 aromatic rings. The van der Waals surface area contributed by atoms with Gasteiger partial charge >= 0.3 is 12.1 Å². The second-order valence-electron chi connectivity index (χ2n) is 14.8. The molecule has 1 aromatic heterocycles. The van der Waals surface area contributed by atoms with Gasteiger partial charge in [0.2, 0.25) is 5.88 Å². The number of ether oxygens (including phenoxy) is 5. The van der Waals surface area contributed by atoms with Crippen LogP contribution in [0.1, 0.15) is 76.1 Å². The van der Waals surface area contributed by atoms with E-state index < -0.39 is 23.7 Å². The zero-order valence-corrected chi connectivity index (χ0v) is 31.5. The molecule has 2 atom stereocenters. The molecule has 0 radical (unpaired) electrons. The number of amides is 2. The number of pyridine rings is 1. The van der Waals surface area contributed by atoms with Crippen LogP contribution in [0.4, 0.5) is 10.5 Å². The quantitative estimate of drug-likeness (QED) is 0.123. The lowest BCUT2D eigenvalue weighted by atomic mass is 10.1. The molecule has 0 bridgehead atoms. The van der Waals surface area contributed by atoms with Crippen LogP contribution >= 0.6 is 0 Å². The molecule has 6 rings (SSSR count). The van der Waals surface area contributed by atoms with Crippen molar-refractivity contribution in [3.05, 3.63) is 84.4 Å². The van der Waals surface area contributed by atoms with E-state index in [0.717, 1.165) is 50.5 Å². The van der Waals surface area contributed by atoms with Gasteiger partial charge in [0.15, 0.2) is 0 Å². The number of likely N-dealkylation sites (tertiary alicyclic amines) is 1. The fraction of sp³-hybridized carbons (Fsp3) is 0.429. The third-order valence-electron chi connectivity index (χ3n) is 9.52. The van der Waals surface area contributed by atoms with Crippen molar-refractivity contribution in [2.24, 2.45) is 0 Å². The topological polar surface area (TPSA) is 138 Å². The lowest BCUT2D eigenvalue weighted by Crippen LogP contribution is -2.47. The number of nitrogens with one attached hydrogen (secondary N) is 2. The Labute approximate surface area is 316 Å². The lowest BCUT2D eigenvalue weighted by molar-refractivity contribution is -0.151. The van der Waals surface area contributed by atoms with Crippen molar-refractivity contribution in [3.8, 4) is 23.1 Å². The number of esters is 1. The predicted molar refractivity (Wildman–Crippen MR) is 205 cm³/mol. The Bertz CT molecular complexity index is 1890. The zero-order valence-electron chi connectivity index (χ0n) is 31.5. The van der Waals surface area contributed by atoms with Crippen molar-refractivity contribution in [1.82, 2.24) is 15.2 Å². The van der Waals surface area contributed by atoms with E-state index in [1.165, 1.54) is 0 Å². The average Bonchev–Trinajstić information content (AvgIpc) is 3.85. The number of nitrogens with zero attached hydrogens (tertiary/aromatic N) is 2. The number of hydrogen-bond donors (Lipinski definition) is 2. The molecule has 12 nitrogen and oxygen atoms in total. The minimum Gasteiger partial charge on any atom is -0.497 e. The number of rotatable bonds is 14. The molecule has 1 aliphatic carbocycles. The average molecular weight is 739 g/mol. The smallest absolute Gasteiger partial charge is 0.408 e. The first kappa shape index (κ1) is 38.4. The van der Waals surface area contributed by atoms with Gasteiger partial charge < -0.3 is 34.3 Å². The van der Waals surface area contributed by atoms with Gasteiger partial charge in [0.25, 0.3) is 5.91 Å². The third kappa shape index (κ3) is 10.6. The number of hydrogen-bond acceptors (Lipinski definition) is 10. The summed E-state index contributed by atoms with van der Waals surface area (Å²) < 4.78 is 29.5. The summed E-state index contributed by atoms with van der Waals surface area (Å²) >= 11 is 0. The standard InChI is InChI=1S/C42H50N4O8/c1-42(2,3)54-41(49)45-36(40(48)53-31-14-8-9-15-31)22-24-46-23-10-13-30(46)27-51-38-26-37(34-25-33(50-4)20-21-35(34)44-38)52-32-18-16-29(17-19-32)43-39(47)28-11-6-5-7-12-28/h5-7,11-12,16-21,25-26,30-31,36H,8-10,13-15,22-24,27H2,1-4H3,(H,43,47)(H,45,49)/t30-,36?/m0/s1. The summed E-state index contributed by atoms with van der Waals surface area (Å²) in [5.41, 5.74) is 1.19. The summed E-state index contributed by atoms with van der Waals surface area (Å²) in [6, 6.07) is 22.8. The molecule has 1 saturated carbocycles. The highest BCUT2D eigenvalue weighted by atomic mass is 16.6. The summed E-state index contributed by atoms with van der Waals surface area (Å²) in [4.78, 5) is 45.6. The summed E-state index contributed by atoms with van der Waals surface area (Å²) in [6.07, 6.45) is 5.30. The molecule has 1 aliphatic heterocycles. The van der Waals surface area contributed by atoms with E-state index in [2.05, 4.69) is 15.5 Å². The van der Waals surface area contributed by atoms with Gasteiger partial charge in [-0.15, -0.1) is 0 Å². The van der Waals surface area contributed by atoms with Gasteiger partial charge in [0, 0.05) is 35.3 Å². The number of fused-ring (bicyclic) bond motifs is 1. The van der Waals surface area contributed by atoms with Crippen molar-refractivity contribution in [1.29, 1.82) is 0 Å². The molecule has 2 fully saturated rings. The van der Waals surface area contributed by atoms with Crippen molar-refractivity contribution >= 4 is 34.6 Å². The Morgan fingerprint density at radius 2 is 1.65 bits per heavy atom. The minimum absolute atomic E-state index is 0.0782. The molecule has 2 amide bonds. The Hall–Kier alpha value is -5.36. The number of aromatic nitrogens is 1. The summed E-state index contributed by atoms with van der Waals surface area (Å²) in [5.74, 6) is 1.56. The molecule has 12 heteroatoms. The van der Waals surface area contributed by atoms with Crippen LogP contribution in [0.2, 0.25) is 0 Å². The van der Waals surface area contributed by atoms with Crippen LogP contribution in [0.5, 0.6) is 23.1 Å². The Morgan fingerprint density at radius 1 is 0.907 bits per heavy atom. The van der Waals surface area contributed by atoms with E-state index >= 15 is 0 Å². The Kier molecular flexibility index (Phi) is 12.5. The van der Waals surface area contributed by atoms with E-state index in [4.69, 9.17) is 28.7 Å². The largest absolute Gasteiger partial charge is 0.497 e. The molecule has 1 saturated heterocycles. The van der Waals surface area contributed by atoms with E-state index in [0.29, 0.717) is 59.5 Å². The molecule has 2 N–H and O–H groups in total. The van der Waals surface area contributed by atoms with Crippen LogP contribution in [0, 0.1) is 0 Å². The first-order chi connectivity index (χ1) is 26.0. The number of benzene rings is 3. The summed E-state index contributed by atoms with van der Waals surface area (Å²) in [5, 5.41) is 6.43. The monoisotopic (exact) mass is 738 g/mol. The molecule has 1 unspecified atom stereocenters. The van der Waals surface area contributed by atoms with E-state index in [-0.39, 0.29) is 18.1 Å². The van der Waals surface area contributed by atoms with E-state index in [1.807, 2.05) is 36.4 Å². The second kappa shape index (κ2) is 17.6. The Morgan fingerprint density at radius 3 is 2.37 bits per heavy atom. The fourth-order valence-corrected chi connectivity index (χ4v) is 6.77. The number of carbonyl (C=O) groups is 3. The number of methoxy groups -OCH3 is 1. The highest BCUT2D eigenvalue weighted by Crippen LogP contribution is 2.35. The maximum Gasteiger partial charge on any atom is 0.408 e. The van der Waals surface area contributed by atoms with Crippen LogP contribution < -0.4 is 24.8 Å². The van der Waals surface area contributed by atoms with Gasteiger partial charge in [-0.05, 0) is 127 Å². The summed E-state index contributed by atoms with van der Waals surface area (Å²) in [6.45, 7) is 7.15. The third-order valence-corrected chi connectivity index (χ3v) is 9.52. The van der Waals surface area contributed by atoms with Crippen molar-refractivity contribution in [2.75, 3.05) is 32.1 Å². The van der Waals surface area contributed by atoms with Crippen molar-refractivity contribution in [3.63, 3.8) is 0 Å². The maximum absolute atomic E-state index is 13.2. The predicted octanol–water partition coefficient (Wildman–Crippen LogP) is 7.90. The van der Waals surface area contributed by atoms with Gasteiger partial charge in [-0.3, -0.25) is 9.69 Å². The van der Waals surface area contributed by atoms with Crippen molar-refractivity contribution in [2.45, 2.75) is 89.5 Å². The molecule has 286 valence electrons. The molecule has 2 aliphatic rings. The highest BCUT2D eigenvalue weighted by Gasteiger charge is 2.32. The second-order valence-corrected chi connectivity index (χ2v) is 14.8. The van der Waals surface area contributed by atoms with Crippen LogP contribution in [0.3, 0.4) is 0 Å².